The number of halogens is 1. The topological polar surface area (TPSA) is 27.1 Å². The molecular weight excluding hydrogens is 268 g/mol. The maximum atomic E-state index is 5.81. The second-order valence-electron chi connectivity index (χ2n) is 4.16. The second kappa shape index (κ2) is 6.28. The first-order valence-corrected chi connectivity index (χ1v) is 7.03. The highest BCUT2D eigenvalue weighted by Gasteiger charge is 2.25. The molecule has 0 amide bonds. The molecule has 0 aliphatic carbocycles. The summed E-state index contributed by atoms with van der Waals surface area (Å²) >= 11 is 3.58. The van der Waals surface area contributed by atoms with Gasteiger partial charge in [-0.2, -0.15) is 5.10 Å². The molecule has 4 heteroatoms. The summed E-state index contributed by atoms with van der Waals surface area (Å²) in [5.74, 6) is 0.870. The number of alkyl halides is 1. The van der Waals surface area contributed by atoms with E-state index in [0.717, 1.165) is 37.1 Å². The number of hydrogen-bond acceptors (Lipinski definition) is 2. The quantitative estimate of drug-likeness (QED) is 0.718. The fourth-order valence-corrected chi connectivity index (χ4v) is 2.47. The minimum absolute atomic E-state index is 0.244. The molecule has 1 heterocycles. The summed E-state index contributed by atoms with van der Waals surface area (Å²) in [5, 5.41) is 5.17. The van der Waals surface area contributed by atoms with Gasteiger partial charge in [-0.25, -0.2) is 0 Å². The van der Waals surface area contributed by atoms with Gasteiger partial charge in [-0.05, 0) is 19.8 Å². The van der Waals surface area contributed by atoms with Gasteiger partial charge < -0.3 is 4.74 Å². The lowest BCUT2D eigenvalue weighted by Gasteiger charge is -2.28. The largest absolute Gasteiger partial charge is 0.490 e. The Labute approximate surface area is 106 Å². The van der Waals surface area contributed by atoms with Gasteiger partial charge in [0.05, 0.1) is 19.0 Å². The van der Waals surface area contributed by atoms with Crippen molar-refractivity contribution in [2.24, 2.45) is 5.41 Å². The molecule has 0 aliphatic heterocycles. The van der Waals surface area contributed by atoms with E-state index in [1.165, 1.54) is 0 Å². The van der Waals surface area contributed by atoms with Crippen molar-refractivity contribution in [3.63, 3.8) is 0 Å². The van der Waals surface area contributed by atoms with Crippen molar-refractivity contribution in [2.75, 3.05) is 11.9 Å². The third-order valence-electron chi connectivity index (χ3n) is 3.26. The zero-order valence-electron chi connectivity index (χ0n) is 10.4. The SMILES string of the molecule is CCn1cc(OCC(CC)(CC)CBr)cn1. The van der Waals surface area contributed by atoms with E-state index in [1.54, 1.807) is 6.20 Å². The van der Waals surface area contributed by atoms with E-state index < -0.39 is 0 Å². The van der Waals surface area contributed by atoms with Crippen LogP contribution in [0.5, 0.6) is 5.75 Å². The summed E-state index contributed by atoms with van der Waals surface area (Å²) in [6.45, 7) is 8.12. The van der Waals surface area contributed by atoms with Gasteiger partial charge in [0.1, 0.15) is 0 Å². The average Bonchev–Trinajstić information content (AvgIpc) is 2.80. The first-order chi connectivity index (χ1) is 7.69. The number of aromatic nitrogens is 2. The van der Waals surface area contributed by atoms with E-state index in [-0.39, 0.29) is 5.41 Å². The summed E-state index contributed by atoms with van der Waals surface area (Å²) in [5.41, 5.74) is 0.244. The van der Waals surface area contributed by atoms with Crippen LogP contribution in [0.15, 0.2) is 12.4 Å². The number of hydrogen-bond donors (Lipinski definition) is 0. The normalized spacial score (nSPS) is 11.8. The second-order valence-corrected chi connectivity index (χ2v) is 4.72. The van der Waals surface area contributed by atoms with Gasteiger partial charge in [0, 0.05) is 17.3 Å². The molecule has 1 rings (SSSR count). The highest BCUT2D eigenvalue weighted by atomic mass is 79.9. The summed E-state index contributed by atoms with van der Waals surface area (Å²) in [6, 6.07) is 0. The Hall–Kier alpha value is -0.510. The first kappa shape index (κ1) is 13.6. The molecule has 16 heavy (non-hydrogen) atoms. The summed E-state index contributed by atoms with van der Waals surface area (Å²) in [4.78, 5) is 0. The summed E-state index contributed by atoms with van der Waals surface area (Å²) in [7, 11) is 0. The lowest BCUT2D eigenvalue weighted by Crippen LogP contribution is -2.28. The third kappa shape index (κ3) is 3.24. The monoisotopic (exact) mass is 288 g/mol. The molecule has 0 unspecified atom stereocenters. The highest BCUT2D eigenvalue weighted by molar-refractivity contribution is 9.09. The molecule has 0 bridgehead atoms. The predicted molar refractivity (Wildman–Crippen MR) is 70.2 cm³/mol. The molecule has 3 nitrogen and oxygen atoms in total. The molecule has 0 spiro atoms. The lowest BCUT2D eigenvalue weighted by molar-refractivity contribution is 0.158. The fraction of sp³-hybridized carbons (Fsp3) is 0.750. The maximum Gasteiger partial charge on any atom is 0.157 e. The molecule has 0 N–H and O–H groups in total. The van der Waals surface area contributed by atoms with Gasteiger partial charge in [0.2, 0.25) is 0 Å². The van der Waals surface area contributed by atoms with Crippen LogP contribution in [0.25, 0.3) is 0 Å². The Morgan fingerprint density at radius 3 is 2.50 bits per heavy atom. The third-order valence-corrected chi connectivity index (χ3v) is 4.45. The van der Waals surface area contributed by atoms with E-state index in [2.05, 4.69) is 41.8 Å². The Morgan fingerprint density at radius 1 is 1.38 bits per heavy atom. The van der Waals surface area contributed by atoms with E-state index >= 15 is 0 Å². The van der Waals surface area contributed by atoms with Crippen LogP contribution in [-0.4, -0.2) is 21.7 Å². The predicted octanol–water partition coefficient (Wildman–Crippen LogP) is 3.48. The van der Waals surface area contributed by atoms with Crippen molar-refractivity contribution in [3.05, 3.63) is 12.4 Å². The molecule has 0 saturated heterocycles. The van der Waals surface area contributed by atoms with Crippen LogP contribution < -0.4 is 4.74 Å². The minimum Gasteiger partial charge on any atom is -0.490 e. The number of ether oxygens (including phenoxy) is 1. The number of nitrogens with zero attached hydrogens (tertiary/aromatic N) is 2. The number of aryl methyl sites for hydroxylation is 1. The van der Waals surface area contributed by atoms with Crippen LogP contribution in [0.3, 0.4) is 0 Å². The molecule has 0 radical (unpaired) electrons. The standard InChI is InChI=1S/C12H21BrN2O/c1-4-12(5-2,9-13)10-16-11-7-14-15(6-3)8-11/h7-8H,4-6,9-10H2,1-3H3. The van der Waals surface area contributed by atoms with Crippen LogP contribution in [-0.2, 0) is 6.54 Å². The van der Waals surface area contributed by atoms with Gasteiger partial charge in [-0.15, -0.1) is 0 Å². The van der Waals surface area contributed by atoms with Crippen LogP contribution in [0.2, 0.25) is 0 Å². The van der Waals surface area contributed by atoms with Crippen LogP contribution in [0.1, 0.15) is 33.6 Å². The molecule has 0 aliphatic rings. The Morgan fingerprint density at radius 2 is 2.06 bits per heavy atom. The lowest BCUT2D eigenvalue weighted by atomic mass is 9.86. The van der Waals surface area contributed by atoms with E-state index in [0.29, 0.717) is 0 Å². The average molecular weight is 289 g/mol. The van der Waals surface area contributed by atoms with Crippen LogP contribution >= 0.6 is 15.9 Å². The van der Waals surface area contributed by atoms with Crippen molar-refractivity contribution in [2.45, 2.75) is 40.2 Å². The fourth-order valence-electron chi connectivity index (χ4n) is 1.51. The van der Waals surface area contributed by atoms with E-state index in [9.17, 15) is 0 Å². The summed E-state index contributed by atoms with van der Waals surface area (Å²) in [6.07, 6.45) is 5.98. The molecule has 0 atom stereocenters. The number of rotatable bonds is 7. The molecular formula is C12H21BrN2O. The van der Waals surface area contributed by atoms with Crippen LogP contribution in [0.4, 0.5) is 0 Å². The zero-order valence-corrected chi connectivity index (χ0v) is 12.0. The van der Waals surface area contributed by atoms with Gasteiger partial charge >= 0.3 is 0 Å². The molecule has 0 fully saturated rings. The van der Waals surface area contributed by atoms with Gasteiger partial charge in [0.25, 0.3) is 0 Å². The van der Waals surface area contributed by atoms with Gasteiger partial charge in [-0.1, -0.05) is 29.8 Å². The minimum atomic E-state index is 0.244. The van der Waals surface area contributed by atoms with Crippen molar-refractivity contribution in [1.82, 2.24) is 9.78 Å². The van der Waals surface area contributed by atoms with Crippen molar-refractivity contribution in [3.8, 4) is 5.75 Å². The molecule has 1 aromatic rings. The smallest absolute Gasteiger partial charge is 0.157 e. The van der Waals surface area contributed by atoms with E-state index in [1.807, 2.05) is 10.9 Å². The Kier molecular flexibility index (Phi) is 5.32. The van der Waals surface area contributed by atoms with Crippen molar-refractivity contribution in [1.29, 1.82) is 0 Å². The Balaban J connectivity index is 2.55. The van der Waals surface area contributed by atoms with Gasteiger partial charge in [0.15, 0.2) is 5.75 Å². The maximum absolute atomic E-state index is 5.81. The first-order valence-electron chi connectivity index (χ1n) is 5.91. The zero-order chi connectivity index (χ0) is 12.0. The molecule has 1 aromatic heterocycles. The molecule has 92 valence electrons. The molecule has 0 saturated carbocycles. The summed E-state index contributed by atoms with van der Waals surface area (Å²) < 4.78 is 7.69. The van der Waals surface area contributed by atoms with Gasteiger partial charge in [-0.3, -0.25) is 4.68 Å². The van der Waals surface area contributed by atoms with Crippen LogP contribution in [0, 0.1) is 5.41 Å². The van der Waals surface area contributed by atoms with Crippen molar-refractivity contribution < 1.29 is 4.74 Å². The highest BCUT2D eigenvalue weighted by Crippen LogP contribution is 2.29. The van der Waals surface area contributed by atoms with E-state index in [4.69, 9.17) is 4.74 Å². The Bertz CT molecular complexity index is 299. The molecule has 0 aromatic carbocycles. The van der Waals surface area contributed by atoms with Crippen molar-refractivity contribution >= 4 is 15.9 Å².